The summed E-state index contributed by atoms with van der Waals surface area (Å²) in [6.07, 6.45) is 0.702. The van der Waals surface area contributed by atoms with E-state index in [2.05, 4.69) is 10.3 Å². The first-order valence-electron chi connectivity index (χ1n) is 8.60. The quantitative estimate of drug-likeness (QED) is 0.674. The van der Waals surface area contributed by atoms with E-state index in [4.69, 9.17) is 32.7 Å². The summed E-state index contributed by atoms with van der Waals surface area (Å²) in [4.78, 5) is 16.8. The largest absolute Gasteiger partial charge is 0.493 e. The molecule has 28 heavy (non-hydrogen) atoms. The number of aromatic nitrogens is 2. The van der Waals surface area contributed by atoms with Gasteiger partial charge in [-0.1, -0.05) is 29.3 Å². The van der Waals surface area contributed by atoms with Crippen LogP contribution in [0.15, 0.2) is 41.2 Å². The fourth-order valence-electron chi connectivity index (χ4n) is 3.35. The van der Waals surface area contributed by atoms with Crippen LogP contribution in [0, 0.1) is 0 Å². The van der Waals surface area contributed by atoms with Crippen LogP contribution in [0.3, 0.4) is 0 Å². The van der Waals surface area contributed by atoms with Gasteiger partial charge in [-0.3, -0.25) is 4.57 Å². The van der Waals surface area contributed by atoms with E-state index in [0.29, 0.717) is 46.0 Å². The Bertz CT molecular complexity index is 1110. The molecule has 6 nitrogen and oxygen atoms in total. The Hall–Kier alpha value is -2.70. The van der Waals surface area contributed by atoms with Crippen LogP contribution < -0.4 is 20.5 Å². The number of ether oxygens (including phenoxy) is 2. The fourth-order valence-corrected chi connectivity index (χ4v) is 3.85. The van der Waals surface area contributed by atoms with Gasteiger partial charge in [0.1, 0.15) is 5.82 Å². The van der Waals surface area contributed by atoms with Gasteiger partial charge in [0.25, 0.3) is 0 Å². The van der Waals surface area contributed by atoms with Crippen LogP contribution in [0.4, 0.5) is 11.5 Å². The lowest BCUT2D eigenvalue weighted by molar-refractivity contribution is 0.354. The van der Waals surface area contributed by atoms with Crippen LogP contribution in [0.5, 0.6) is 11.5 Å². The first-order chi connectivity index (χ1) is 13.5. The minimum Gasteiger partial charge on any atom is -0.493 e. The highest BCUT2D eigenvalue weighted by molar-refractivity contribution is 6.39. The molecule has 1 aliphatic heterocycles. The molecule has 0 saturated heterocycles. The molecule has 0 spiro atoms. The average molecular weight is 418 g/mol. The summed E-state index contributed by atoms with van der Waals surface area (Å²) >= 11 is 12.5. The molecule has 0 saturated carbocycles. The van der Waals surface area contributed by atoms with Crippen LogP contribution in [-0.2, 0) is 13.0 Å². The summed E-state index contributed by atoms with van der Waals surface area (Å²) in [5, 5.41) is 3.96. The fraction of sp³-hybridized carbons (Fsp3) is 0.200. The second-order valence-electron chi connectivity index (χ2n) is 6.30. The zero-order chi connectivity index (χ0) is 19.8. The van der Waals surface area contributed by atoms with Crippen molar-refractivity contribution in [1.29, 1.82) is 0 Å². The number of nitrogens with one attached hydrogen (secondary N) is 1. The first-order valence-corrected chi connectivity index (χ1v) is 9.35. The van der Waals surface area contributed by atoms with Crippen LogP contribution in [0.1, 0.15) is 5.56 Å². The maximum Gasteiger partial charge on any atom is 0.350 e. The highest BCUT2D eigenvalue weighted by Crippen LogP contribution is 2.39. The van der Waals surface area contributed by atoms with Crippen molar-refractivity contribution in [3.8, 4) is 22.8 Å². The smallest absolute Gasteiger partial charge is 0.350 e. The van der Waals surface area contributed by atoms with E-state index in [1.165, 1.54) is 0 Å². The number of para-hydroxylation sites is 1. The lowest BCUT2D eigenvalue weighted by Gasteiger charge is -2.23. The van der Waals surface area contributed by atoms with Crippen molar-refractivity contribution in [3.05, 3.63) is 62.5 Å². The van der Waals surface area contributed by atoms with E-state index in [-0.39, 0.29) is 5.69 Å². The van der Waals surface area contributed by atoms with Crippen molar-refractivity contribution in [1.82, 2.24) is 9.55 Å². The van der Waals surface area contributed by atoms with Crippen molar-refractivity contribution in [2.75, 3.05) is 19.5 Å². The number of hydrogen-bond donors (Lipinski definition) is 1. The Labute approximate surface area is 171 Å². The Morgan fingerprint density at radius 2 is 1.75 bits per heavy atom. The highest BCUT2D eigenvalue weighted by atomic mass is 35.5. The maximum atomic E-state index is 12.6. The molecule has 0 fully saturated rings. The molecule has 0 aliphatic carbocycles. The van der Waals surface area contributed by atoms with Crippen molar-refractivity contribution in [2.45, 2.75) is 13.0 Å². The first kappa shape index (κ1) is 18.7. The molecule has 0 unspecified atom stereocenters. The molecule has 0 amide bonds. The number of benzene rings is 2. The van der Waals surface area contributed by atoms with Gasteiger partial charge in [0.05, 0.1) is 35.6 Å². The Morgan fingerprint density at radius 1 is 1.07 bits per heavy atom. The van der Waals surface area contributed by atoms with E-state index >= 15 is 0 Å². The van der Waals surface area contributed by atoms with Crippen molar-refractivity contribution in [2.24, 2.45) is 0 Å². The average Bonchev–Trinajstić information content (AvgIpc) is 2.69. The Kier molecular flexibility index (Phi) is 4.91. The van der Waals surface area contributed by atoms with Crippen LogP contribution >= 0.6 is 23.2 Å². The molecule has 0 bridgehead atoms. The van der Waals surface area contributed by atoms with Gasteiger partial charge in [0.15, 0.2) is 11.5 Å². The SMILES string of the molecule is COc1cc2c(cc1OC)-c1cc(Nc3c(Cl)cccc3Cl)nc(=O)n1CC2. The van der Waals surface area contributed by atoms with E-state index in [1.807, 2.05) is 18.2 Å². The molecule has 3 aromatic rings. The predicted molar refractivity (Wildman–Crippen MR) is 110 cm³/mol. The molecular formula is C20H17Cl2N3O3. The summed E-state index contributed by atoms with van der Waals surface area (Å²) in [5.41, 5.74) is 2.88. The lowest BCUT2D eigenvalue weighted by atomic mass is 9.97. The predicted octanol–water partition coefficient (Wildman–Crippen LogP) is 4.53. The van der Waals surface area contributed by atoms with Gasteiger partial charge in [-0.2, -0.15) is 4.98 Å². The standard InChI is InChI=1S/C20H17Cl2N3O3/c1-27-16-8-11-6-7-25-15(12(11)9-17(16)28-2)10-18(24-20(25)26)23-19-13(21)4-3-5-14(19)22/h3-5,8-10H,6-7H2,1-2H3,(H,23,24,26). The number of hydrogen-bond acceptors (Lipinski definition) is 5. The molecule has 144 valence electrons. The molecule has 1 aromatic heterocycles. The minimum absolute atomic E-state index is 0.344. The number of anilines is 2. The van der Waals surface area contributed by atoms with Gasteiger partial charge in [0, 0.05) is 18.2 Å². The third-order valence-electron chi connectivity index (χ3n) is 4.72. The second kappa shape index (κ2) is 7.37. The molecular weight excluding hydrogens is 401 g/mol. The highest BCUT2D eigenvalue weighted by Gasteiger charge is 2.22. The molecule has 8 heteroatoms. The molecule has 1 aliphatic rings. The van der Waals surface area contributed by atoms with Gasteiger partial charge in [-0.05, 0) is 36.2 Å². The van der Waals surface area contributed by atoms with Crippen molar-refractivity contribution in [3.63, 3.8) is 0 Å². The summed E-state index contributed by atoms with van der Waals surface area (Å²) in [5.74, 6) is 1.63. The van der Waals surface area contributed by atoms with E-state index < -0.39 is 0 Å². The molecule has 0 radical (unpaired) electrons. The summed E-state index contributed by atoms with van der Waals surface area (Å²) in [6, 6.07) is 10.8. The number of aryl methyl sites for hydroxylation is 1. The molecule has 2 heterocycles. The van der Waals surface area contributed by atoms with E-state index in [9.17, 15) is 4.79 Å². The Morgan fingerprint density at radius 3 is 2.43 bits per heavy atom. The maximum absolute atomic E-state index is 12.6. The van der Waals surface area contributed by atoms with Crippen LogP contribution in [0.25, 0.3) is 11.3 Å². The van der Waals surface area contributed by atoms with Crippen molar-refractivity contribution >= 4 is 34.7 Å². The van der Waals surface area contributed by atoms with Gasteiger partial charge in [-0.15, -0.1) is 0 Å². The van der Waals surface area contributed by atoms with Crippen molar-refractivity contribution < 1.29 is 9.47 Å². The number of rotatable bonds is 4. The third-order valence-corrected chi connectivity index (χ3v) is 5.35. The summed E-state index contributed by atoms with van der Waals surface area (Å²) in [6.45, 7) is 0.538. The van der Waals surface area contributed by atoms with E-state index in [1.54, 1.807) is 37.0 Å². The normalized spacial score (nSPS) is 12.1. The zero-order valence-electron chi connectivity index (χ0n) is 15.3. The third kappa shape index (κ3) is 3.19. The molecule has 2 aromatic carbocycles. The number of halogens is 2. The second-order valence-corrected chi connectivity index (χ2v) is 7.11. The zero-order valence-corrected chi connectivity index (χ0v) is 16.8. The summed E-state index contributed by atoms with van der Waals surface area (Å²) < 4.78 is 12.5. The van der Waals surface area contributed by atoms with Gasteiger partial charge in [-0.25, -0.2) is 4.79 Å². The monoisotopic (exact) mass is 417 g/mol. The lowest BCUT2D eigenvalue weighted by Crippen LogP contribution is -2.28. The Balaban J connectivity index is 1.84. The number of fused-ring (bicyclic) bond motifs is 3. The van der Waals surface area contributed by atoms with Gasteiger partial charge < -0.3 is 14.8 Å². The molecule has 4 rings (SSSR count). The van der Waals surface area contributed by atoms with E-state index in [0.717, 1.165) is 16.8 Å². The summed E-state index contributed by atoms with van der Waals surface area (Å²) in [7, 11) is 3.18. The topological polar surface area (TPSA) is 65.4 Å². The van der Waals surface area contributed by atoms with Gasteiger partial charge in [0.2, 0.25) is 0 Å². The van der Waals surface area contributed by atoms with Crippen LogP contribution in [-0.4, -0.2) is 23.8 Å². The number of nitrogens with zero attached hydrogens (tertiary/aromatic N) is 2. The van der Waals surface area contributed by atoms with Gasteiger partial charge >= 0.3 is 5.69 Å². The molecule has 0 atom stereocenters. The number of methoxy groups -OCH3 is 2. The molecule has 1 N–H and O–H groups in total. The van der Waals surface area contributed by atoms with Crippen LogP contribution in [0.2, 0.25) is 10.0 Å². The minimum atomic E-state index is -0.344.